The van der Waals surface area contributed by atoms with Crippen molar-refractivity contribution in [2.24, 2.45) is 0 Å². The van der Waals surface area contributed by atoms with Crippen LogP contribution in [0, 0.1) is 6.92 Å². The van der Waals surface area contributed by atoms with Crippen LogP contribution in [0.2, 0.25) is 0 Å². The molecule has 0 spiro atoms. The molecule has 196 valence electrons. The summed E-state index contributed by atoms with van der Waals surface area (Å²) in [6, 6.07) is 17.2. The van der Waals surface area contributed by atoms with Crippen LogP contribution in [0.5, 0.6) is 0 Å². The van der Waals surface area contributed by atoms with Crippen molar-refractivity contribution < 1.29 is 14.4 Å². The number of carbonyl (C=O) groups is 3. The van der Waals surface area contributed by atoms with E-state index in [0.717, 1.165) is 30.4 Å². The van der Waals surface area contributed by atoms with E-state index in [9.17, 15) is 14.4 Å². The van der Waals surface area contributed by atoms with E-state index in [1.807, 2.05) is 55.5 Å². The Labute approximate surface area is 216 Å². The minimum absolute atomic E-state index is 0.0267. The molecule has 2 aromatic rings. The third kappa shape index (κ3) is 12.5. The predicted octanol–water partition coefficient (Wildman–Crippen LogP) is 6.00. The molecule has 3 amide bonds. The number of hydrogen-bond donors (Lipinski definition) is 2. The Morgan fingerprint density at radius 2 is 1.44 bits per heavy atom. The summed E-state index contributed by atoms with van der Waals surface area (Å²) in [5, 5.41) is 5.43. The first-order valence-electron chi connectivity index (χ1n) is 13.4. The van der Waals surface area contributed by atoms with Crippen LogP contribution in [0.1, 0.15) is 82.3 Å². The molecule has 0 saturated heterocycles. The Balaban J connectivity index is 1.78. The molecule has 2 N–H and O–H groups in total. The molecule has 0 aliphatic carbocycles. The van der Waals surface area contributed by atoms with Crippen LogP contribution in [-0.4, -0.2) is 35.7 Å². The lowest BCUT2D eigenvalue weighted by Crippen LogP contribution is -2.42. The van der Waals surface area contributed by atoms with Gasteiger partial charge in [0.1, 0.15) is 0 Å². The number of aryl methyl sites for hydroxylation is 1. The lowest BCUT2D eigenvalue weighted by molar-refractivity contribution is -0.137. The largest absolute Gasteiger partial charge is 0.345 e. The molecule has 2 aromatic carbocycles. The molecule has 0 saturated carbocycles. The number of rotatable bonds is 17. The standard InChI is InChI=1S/C30H43N3O3/c1-3-4-5-6-7-8-9-10-14-20-30(36)33(23-26-17-12-11-13-18-26)24-29(35)31-22-28(34)32-27-19-15-16-25(2)21-27/h11-13,15-19,21H,3-10,14,20,22-24H2,1-2H3,(H,31,35)(H,32,34). The van der Waals surface area contributed by atoms with Crippen molar-refractivity contribution >= 4 is 23.4 Å². The van der Waals surface area contributed by atoms with Crippen molar-refractivity contribution in [3.8, 4) is 0 Å². The van der Waals surface area contributed by atoms with Gasteiger partial charge in [-0.2, -0.15) is 0 Å². The number of unbranched alkanes of at least 4 members (excludes halogenated alkanes) is 8. The summed E-state index contributed by atoms with van der Waals surface area (Å²) in [5.41, 5.74) is 2.71. The van der Waals surface area contributed by atoms with Crippen molar-refractivity contribution in [1.82, 2.24) is 10.2 Å². The minimum Gasteiger partial charge on any atom is -0.345 e. The van der Waals surface area contributed by atoms with Gasteiger partial charge in [0.25, 0.3) is 0 Å². The molecule has 0 radical (unpaired) electrons. The van der Waals surface area contributed by atoms with Gasteiger partial charge in [-0.25, -0.2) is 0 Å². The van der Waals surface area contributed by atoms with Crippen LogP contribution in [-0.2, 0) is 20.9 Å². The van der Waals surface area contributed by atoms with E-state index < -0.39 is 0 Å². The Bertz CT molecular complexity index is 930. The van der Waals surface area contributed by atoms with Crippen LogP contribution in [0.4, 0.5) is 5.69 Å². The average Bonchev–Trinajstić information content (AvgIpc) is 2.86. The first-order chi connectivity index (χ1) is 17.5. The molecule has 0 aromatic heterocycles. The summed E-state index contributed by atoms with van der Waals surface area (Å²) in [5.74, 6) is -0.670. The topological polar surface area (TPSA) is 78.5 Å². The zero-order valence-corrected chi connectivity index (χ0v) is 22.1. The van der Waals surface area contributed by atoms with Crippen molar-refractivity contribution in [1.29, 1.82) is 0 Å². The maximum absolute atomic E-state index is 13.0. The number of carbonyl (C=O) groups excluding carboxylic acids is 3. The van der Waals surface area contributed by atoms with E-state index in [0.29, 0.717) is 18.7 Å². The maximum Gasteiger partial charge on any atom is 0.243 e. The second kappa shape index (κ2) is 17.3. The predicted molar refractivity (Wildman–Crippen MR) is 147 cm³/mol. The molecule has 0 bridgehead atoms. The van der Waals surface area contributed by atoms with Crippen LogP contribution >= 0.6 is 0 Å². The molecule has 36 heavy (non-hydrogen) atoms. The molecule has 0 heterocycles. The van der Waals surface area contributed by atoms with Crippen LogP contribution in [0.3, 0.4) is 0 Å². The Morgan fingerprint density at radius 3 is 2.11 bits per heavy atom. The number of nitrogens with zero attached hydrogens (tertiary/aromatic N) is 1. The molecular weight excluding hydrogens is 450 g/mol. The first-order valence-corrected chi connectivity index (χ1v) is 13.4. The molecule has 6 nitrogen and oxygen atoms in total. The fourth-order valence-electron chi connectivity index (χ4n) is 4.12. The zero-order chi connectivity index (χ0) is 26.0. The van der Waals surface area contributed by atoms with Gasteiger partial charge in [0.15, 0.2) is 0 Å². The Kier molecular flexibility index (Phi) is 14.0. The Hall–Kier alpha value is -3.15. The molecule has 6 heteroatoms. The van der Waals surface area contributed by atoms with Crippen molar-refractivity contribution in [2.75, 3.05) is 18.4 Å². The summed E-state index contributed by atoms with van der Waals surface area (Å²) in [6.07, 6.45) is 11.1. The smallest absolute Gasteiger partial charge is 0.243 e. The van der Waals surface area contributed by atoms with Crippen molar-refractivity contribution in [3.63, 3.8) is 0 Å². The number of anilines is 1. The summed E-state index contributed by atoms with van der Waals surface area (Å²) in [4.78, 5) is 39.4. The molecule has 0 atom stereocenters. The highest BCUT2D eigenvalue weighted by atomic mass is 16.2. The molecule has 0 aliphatic heterocycles. The van der Waals surface area contributed by atoms with Gasteiger partial charge in [-0.15, -0.1) is 0 Å². The summed E-state index contributed by atoms with van der Waals surface area (Å²) < 4.78 is 0. The molecule has 0 aliphatic rings. The van der Waals surface area contributed by atoms with E-state index in [1.165, 1.54) is 38.5 Å². The molecular formula is C30H43N3O3. The van der Waals surface area contributed by atoms with Gasteiger partial charge in [0, 0.05) is 18.7 Å². The van der Waals surface area contributed by atoms with Crippen LogP contribution < -0.4 is 10.6 Å². The summed E-state index contributed by atoms with van der Waals surface area (Å²) in [6.45, 7) is 4.34. The van der Waals surface area contributed by atoms with Gasteiger partial charge in [-0.1, -0.05) is 101 Å². The normalized spacial score (nSPS) is 10.6. The van der Waals surface area contributed by atoms with Gasteiger partial charge in [0.05, 0.1) is 13.1 Å². The van der Waals surface area contributed by atoms with Gasteiger partial charge in [-0.3, -0.25) is 14.4 Å². The SMILES string of the molecule is CCCCCCCCCCCC(=O)N(CC(=O)NCC(=O)Nc1cccc(C)c1)Cc1ccccc1. The third-order valence-corrected chi connectivity index (χ3v) is 6.15. The van der Waals surface area contributed by atoms with Crippen LogP contribution in [0.15, 0.2) is 54.6 Å². The van der Waals surface area contributed by atoms with E-state index in [-0.39, 0.29) is 30.8 Å². The lowest BCUT2D eigenvalue weighted by atomic mass is 10.1. The third-order valence-electron chi connectivity index (χ3n) is 6.15. The lowest BCUT2D eigenvalue weighted by Gasteiger charge is -2.22. The zero-order valence-electron chi connectivity index (χ0n) is 22.1. The highest BCUT2D eigenvalue weighted by Crippen LogP contribution is 2.13. The number of amides is 3. The van der Waals surface area contributed by atoms with E-state index in [1.54, 1.807) is 11.0 Å². The van der Waals surface area contributed by atoms with Crippen molar-refractivity contribution in [3.05, 3.63) is 65.7 Å². The van der Waals surface area contributed by atoms with Gasteiger partial charge in [-0.05, 0) is 36.6 Å². The fraction of sp³-hybridized carbons (Fsp3) is 0.500. The quantitative estimate of drug-likeness (QED) is 0.265. The van der Waals surface area contributed by atoms with E-state index in [2.05, 4.69) is 17.6 Å². The van der Waals surface area contributed by atoms with Gasteiger partial charge in [0.2, 0.25) is 17.7 Å². The highest BCUT2D eigenvalue weighted by Gasteiger charge is 2.18. The molecule has 2 rings (SSSR count). The highest BCUT2D eigenvalue weighted by molar-refractivity contribution is 5.95. The number of nitrogens with one attached hydrogen (secondary N) is 2. The van der Waals surface area contributed by atoms with Crippen molar-refractivity contribution in [2.45, 2.75) is 84.6 Å². The van der Waals surface area contributed by atoms with E-state index in [4.69, 9.17) is 0 Å². The second-order valence-corrected chi connectivity index (χ2v) is 9.51. The molecule has 0 fully saturated rings. The monoisotopic (exact) mass is 493 g/mol. The van der Waals surface area contributed by atoms with E-state index >= 15 is 0 Å². The fourth-order valence-corrected chi connectivity index (χ4v) is 4.12. The molecule has 0 unspecified atom stereocenters. The number of benzene rings is 2. The Morgan fingerprint density at radius 1 is 0.778 bits per heavy atom. The first kappa shape index (κ1) is 29.1. The van der Waals surface area contributed by atoms with Gasteiger partial charge < -0.3 is 15.5 Å². The van der Waals surface area contributed by atoms with Crippen LogP contribution in [0.25, 0.3) is 0 Å². The maximum atomic E-state index is 13.0. The number of hydrogen-bond acceptors (Lipinski definition) is 3. The minimum atomic E-state index is -0.342. The second-order valence-electron chi connectivity index (χ2n) is 9.51. The van der Waals surface area contributed by atoms with Gasteiger partial charge >= 0.3 is 0 Å². The average molecular weight is 494 g/mol. The summed E-state index contributed by atoms with van der Waals surface area (Å²) >= 11 is 0. The summed E-state index contributed by atoms with van der Waals surface area (Å²) in [7, 11) is 0.